The van der Waals surface area contributed by atoms with E-state index in [2.05, 4.69) is 15.5 Å². The molecule has 194 valence electrons. The predicted octanol–water partition coefficient (Wildman–Crippen LogP) is 3.68. The van der Waals surface area contributed by atoms with Crippen LogP contribution in [0, 0.1) is 6.92 Å². The monoisotopic (exact) mass is 525 g/mol. The van der Waals surface area contributed by atoms with Crippen molar-refractivity contribution in [3.05, 3.63) is 58.5 Å². The Bertz CT molecular complexity index is 1450. The van der Waals surface area contributed by atoms with E-state index in [9.17, 15) is 9.59 Å². The Hall–Kier alpha value is -4.19. The second-order valence-corrected chi connectivity index (χ2v) is 9.27. The summed E-state index contributed by atoms with van der Waals surface area (Å²) in [6, 6.07) is 12.6. The van der Waals surface area contributed by atoms with Gasteiger partial charge in [-0.05, 0) is 38.1 Å². The first-order valence-electron chi connectivity index (χ1n) is 11.2. The van der Waals surface area contributed by atoms with Gasteiger partial charge in [0, 0.05) is 12.6 Å². The lowest BCUT2D eigenvalue weighted by atomic mass is 10.2. The minimum Gasteiger partial charge on any atom is -0.493 e. The number of para-hydroxylation sites is 1. The number of aromatic nitrogens is 4. The van der Waals surface area contributed by atoms with Crippen molar-refractivity contribution in [3.63, 3.8) is 0 Å². The van der Waals surface area contributed by atoms with E-state index >= 15 is 0 Å². The minimum absolute atomic E-state index is 0.192. The number of amides is 1. The number of rotatable bonds is 9. The number of hydrogen-bond acceptors (Lipinski definition) is 9. The summed E-state index contributed by atoms with van der Waals surface area (Å²) in [5, 5.41) is 10.5. The van der Waals surface area contributed by atoms with Crippen molar-refractivity contribution < 1.29 is 23.4 Å². The molecule has 0 spiro atoms. The Balaban J connectivity index is 1.51. The number of methoxy groups -OCH3 is 3. The molecule has 1 N–H and O–H groups in total. The molecule has 0 aliphatic carbocycles. The Morgan fingerprint density at radius 3 is 2.30 bits per heavy atom. The maximum Gasteiger partial charge on any atom is 0.295 e. The minimum atomic E-state index is -0.627. The van der Waals surface area contributed by atoms with Crippen molar-refractivity contribution in [3.8, 4) is 34.4 Å². The molecule has 37 heavy (non-hydrogen) atoms. The summed E-state index contributed by atoms with van der Waals surface area (Å²) in [5.41, 5.74) is 1.78. The number of hydrogen-bond donors (Lipinski definition) is 1. The van der Waals surface area contributed by atoms with Crippen LogP contribution in [-0.4, -0.2) is 52.0 Å². The second kappa shape index (κ2) is 10.8. The molecule has 0 radical (unpaired) electrons. The quantitative estimate of drug-likeness (QED) is 0.326. The standard InChI is InChI=1S/C25H27N5O6S/c1-14-20(24(32)30(29(14)3)17-10-8-7-9-11-17)26-22(31)15(2)37-25-28-27-23(36-25)16-12-18(33-4)21(35-6)19(13-16)34-5/h7-13,15H,1-6H3,(H,26,31)/t15-/m0/s1. The number of benzene rings is 2. The third-order valence-corrected chi connectivity index (χ3v) is 6.70. The van der Waals surface area contributed by atoms with Crippen LogP contribution in [-0.2, 0) is 11.8 Å². The molecule has 0 saturated heterocycles. The van der Waals surface area contributed by atoms with Gasteiger partial charge in [0.25, 0.3) is 10.8 Å². The van der Waals surface area contributed by atoms with Crippen molar-refractivity contribution in [2.24, 2.45) is 7.05 Å². The topological polar surface area (TPSA) is 123 Å². The highest BCUT2D eigenvalue weighted by atomic mass is 32.2. The van der Waals surface area contributed by atoms with E-state index in [4.69, 9.17) is 18.6 Å². The molecule has 0 saturated carbocycles. The van der Waals surface area contributed by atoms with E-state index in [1.54, 1.807) is 37.7 Å². The summed E-state index contributed by atoms with van der Waals surface area (Å²) < 4.78 is 25.1. The zero-order valence-electron chi connectivity index (χ0n) is 21.3. The molecule has 1 atom stereocenters. The Labute approximate surface area is 217 Å². The molecule has 12 heteroatoms. The van der Waals surface area contributed by atoms with E-state index in [0.717, 1.165) is 11.8 Å². The molecular weight excluding hydrogens is 498 g/mol. The Kier molecular flexibility index (Phi) is 7.58. The van der Waals surface area contributed by atoms with Gasteiger partial charge in [0.2, 0.25) is 17.5 Å². The van der Waals surface area contributed by atoms with Gasteiger partial charge in [0.15, 0.2) is 11.5 Å². The van der Waals surface area contributed by atoms with Crippen LogP contribution in [0.3, 0.4) is 0 Å². The molecule has 0 fully saturated rings. The van der Waals surface area contributed by atoms with Gasteiger partial charge in [-0.15, -0.1) is 10.2 Å². The molecule has 11 nitrogen and oxygen atoms in total. The van der Waals surface area contributed by atoms with Gasteiger partial charge in [-0.3, -0.25) is 14.3 Å². The zero-order valence-corrected chi connectivity index (χ0v) is 22.1. The summed E-state index contributed by atoms with van der Waals surface area (Å²) in [4.78, 5) is 26.1. The number of carbonyl (C=O) groups is 1. The first-order valence-corrected chi connectivity index (χ1v) is 12.1. The highest BCUT2D eigenvalue weighted by Crippen LogP contribution is 2.41. The van der Waals surface area contributed by atoms with Crippen LogP contribution in [0.1, 0.15) is 12.6 Å². The molecule has 1 amide bonds. The second-order valence-electron chi connectivity index (χ2n) is 7.97. The van der Waals surface area contributed by atoms with Crippen molar-refractivity contribution in [2.75, 3.05) is 26.6 Å². The van der Waals surface area contributed by atoms with Crippen molar-refractivity contribution in [2.45, 2.75) is 24.3 Å². The van der Waals surface area contributed by atoms with Crippen LogP contribution in [0.2, 0.25) is 0 Å². The number of thioether (sulfide) groups is 1. The van der Waals surface area contributed by atoms with Gasteiger partial charge in [0.1, 0.15) is 5.69 Å². The summed E-state index contributed by atoms with van der Waals surface area (Å²) in [6.07, 6.45) is 0. The van der Waals surface area contributed by atoms with E-state index in [-0.39, 0.29) is 28.3 Å². The number of carbonyl (C=O) groups excluding carboxylic acids is 1. The van der Waals surface area contributed by atoms with Crippen LogP contribution in [0.15, 0.2) is 56.9 Å². The Morgan fingerprint density at radius 1 is 1.05 bits per heavy atom. The van der Waals surface area contributed by atoms with Gasteiger partial charge in [0.05, 0.1) is 38.0 Å². The third kappa shape index (κ3) is 5.05. The molecule has 4 rings (SSSR count). The maximum atomic E-state index is 13.1. The van der Waals surface area contributed by atoms with E-state index in [1.807, 2.05) is 30.3 Å². The van der Waals surface area contributed by atoms with Gasteiger partial charge in [-0.2, -0.15) is 0 Å². The lowest BCUT2D eigenvalue weighted by Crippen LogP contribution is -2.27. The molecule has 2 aromatic heterocycles. The molecule has 2 heterocycles. The smallest absolute Gasteiger partial charge is 0.295 e. The maximum absolute atomic E-state index is 13.1. The average molecular weight is 526 g/mol. The van der Waals surface area contributed by atoms with Crippen LogP contribution >= 0.6 is 11.8 Å². The fourth-order valence-corrected chi connectivity index (χ4v) is 4.40. The van der Waals surface area contributed by atoms with Gasteiger partial charge >= 0.3 is 0 Å². The number of nitrogens with zero attached hydrogens (tertiary/aromatic N) is 4. The summed E-state index contributed by atoms with van der Waals surface area (Å²) >= 11 is 1.08. The molecular formula is C25H27N5O6S. The third-order valence-electron chi connectivity index (χ3n) is 5.77. The van der Waals surface area contributed by atoms with Crippen LogP contribution in [0.25, 0.3) is 17.1 Å². The molecule has 0 unspecified atom stereocenters. The molecule has 0 aliphatic rings. The molecule has 2 aromatic carbocycles. The van der Waals surface area contributed by atoms with Crippen molar-refractivity contribution >= 4 is 23.4 Å². The van der Waals surface area contributed by atoms with E-state index in [0.29, 0.717) is 34.2 Å². The lowest BCUT2D eigenvalue weighted by Gasteiger charge is -2.12. The summed E-state index contributed by atoms with van der Waals surface area (Å²) in [7, 11) is 6.31. The first-order chi connectivity index (χ1) is 17.8. The van der Waals surface area contributed by atoms with Crippen molar-refractivity contribution in [1.29, 1.82) is 0 Å². The van der Waals surface area contributed by atoms with Gasteiger partial charge < -0.3 is 23.9 Å². The fourth-order valence-electron chi connectivity index (χ4n) is 3.72. The highest BCUT2D eigenvalue weighted by molar-refractivity contribution is 8.00. The molecule has 0 aliphatic heterocycles. The van der Waals surface area contributed by atoms with Crippen molar-refractivity contribution in [1.82, 2.24) is 19.6 Å². The predicted molar refractivity (Wildman–Crippen MR) is 139 cm³/mol. The number of nitrogens with one attached hydrogen (secondary N) is 1. The molecule has 0 bridgehead atoms. The molecule has 4 aromatic rings. The van der Waals surface area contributed by atoms with Crippen LogP contribution in [0.5, 0.6) is 17.2 Å². The van der Waals surface area contributed by atoms with Gasteiger partial charge in [-0.25, -0.2) is 4.68 Å². The normalized spacial score (nSPS) is 11.7. The number of ether oxygens (including phenoxy) is 3. The zero-order chi connectivity index (χ0) is 26.7. The Morgan fingerprint density at radius 2 is 1.70 bits per heavy atom. The largest absolute Gasteiger partial charge is 0.493 e. The van der Waals surface area contributed by atoms with Crippen LogP contribution in [0.4, 0.5) is 5.69 Å². The SMILES string of the molecule is COc1cc(-c2nnc(S[C@@H](C)C(=O)Nc3c(C)n(C)n(-c4ccccc4)c3=O)o2)cc(OC)c1OC. The lowest BCUT2D eigenvalue weighted by molar-refractivity contribution is -0.115. The first kappa shape index (κ1) is 25.9. The number of anilines is 1. The summed E-state index contributed by atoms with van der Waals surface area (Å²) in [5.74, 6) is 1.17. The van der Waals surface area contributed by atoms with Crippen LogP contribution < -0.4 is 25.1 Å². The highest BCUT2D eigenvalue weighted by Gasteiger charge is 2.24. The van der Waals surface area contributed by atoms with Gasteiger partial charge in [-0.1, -0.05) is 30.0 Å². The van der Waals surface area contributed by atoms with E-state index < -0.39 is 5.25 Å². The fraction of sp³-hybridized carbons (Fsp3) is 0.280. The summed E-state index contributed by atoms with van der Waals surface area (Å²) in [6.45, 7) is 3.47. The average Bonchev–Trinajstić information content (AvgIpc) is 3.46. The van der Waals surface area contributed by atoms with E-state index in [1.165, 1.54) is 26.0 Å².